The number of amides is 15. The first kappa shape index (κ1) is 106. The largest absolute Gasteiger partial charge is 0.508 e. The van der Waals surface area contributed by atoms with Gasteiger partial charge in [-0.3, -0.25) is 81.5 Å². The molecule has 4 heterocycles. The summed E-state index contributed by atoms with van der Waals surface area (Å²) in [5.74, 6) is -27.9. The Balaban J connectivity index is 1.15. The van der Waals surface area contributed by atoms with Crippen LogP contribution in [0.25, 0.3) is 10.9 Å². The molecule has 14 atom stereocenters. The molecule has 0 saturated carbocycles. The van der Waals surface area contributed by atoms with Gasteiger partial charge in [-0.05, 0) is 101 Å². The third kappa shape index (κ3) is 29.4. The summed E-state index contributed by atoms with van der Waals surface area (Å²) >= 11 is 0.600. The van der Waals surface area contributed by atoms with Crippen molar-refractivity contribution in [2.24, 2.45) is 17.6 Å². The van der Waals surface area contributed by atoms with E-state index in [1.807, 2.05) is 0 Å². The summed E-state index contributed by atoms with van der Waals surface area (Å²) in [6, 6.07) is 4.50. The maximum atomic E-state index is 15.9. The summed E-state index contributed by atoms with van der Waals surface area (Å²) in [4.78, 5) is 258. The fourth-order valence-electron chi connectivity index (χ4n) is 16.3. The summed E-state index contributed by atoms with van der Waals surface area (Å²) in [7, 11) is 3.33. The van der Waals surface area contributed by atoms with Crippen molar-refractivity contribution in [3.8, 4) is 11.5 Å². The number of ether oxygens (including phenoxy) is 1. The fraction of sp³-hybridized carbons (Fsp3) is 0.473. The van der Waals surface area contributed by atoms with Crippen molar-refractivity contribution in [1.82, 2.24) is 77.3 Å². The maximum absolute atomic E-state index is 15.9. The summed E-state index contributed by atoms with van der Waals surface area (Å²) in [5.41, 5.74) is 7.15. The molecule has 17 N–H and O–H groups in total. The fourth-order valence-corrected chi connectivity index (χ4v) is 17.2. The number of rotatable bonds is 24. The SMILES string of the molecule is CCCC[C@H]1C(=O)N2C[C@H](O)C[C@@H]2C(=O)N[C@@H](CC(=O)O)C(=O)N[C@@H](C(C)C)C(=O)N(C)[C@@H](Cc2ccccc2)C(=O)N[C@@H](Cc2ccc(O)cc2)C(=O)N2CCOC[C@@H]2C(=O)N[C@@H](Cc2c[nH]c3ccccc23)C(=O)N[C@@H](Cc2ccc(O)cc2)C(=O)N[C@@H](CC(C)C)C(=O)N[C@H](C(=O)NCC(N)=O)CSCC(=O)N[C@@H](Cc2cc(F)c(F)c(F)c2)C(=O)N(C)[C@@H](CCC(=O)O)C(=O)N1C. The molecule has 39 nitrogen and oxygen atoms in total. The van der Waals surface area contributed by atoms with Gasteiger partial charge >= 0.3 is 11.9 Å². The van der Waals surface area contributed by atoms with Crippen molar-refractivity contribution < 1.29 is 125 Å². The van der Waals surface area contributed by atoms with Crippen LogP contribution in [0.1, 0.15) is 114 Å². The van der Waals surface area contributed by atoms with Gasteiger partial charge in [-0.25, -0.2) is 13.2 Å². The van der Waals surface area contributed by atoms with Crippen LogP contribution in [0, 0.1) is 29.3 Å². The number of aliphatic carboxylic acids is 2. The Morgan fingerprint density at radius 1 is 0.544 bits per heavy atom. The number of phenols is 2. The van der Waals surface area contributed by atoms with E-state index in [1.165, 1.54) is 69.4 Å². The van der Waals surface area contributed by atoms with E-state index < -0.39 is 283 Å². The standard InChI is InChI=1S/C93H117F3N16O23S/c1-9-10-20-70-92(133)112-45-58(115)41-73(112)87(128)104-66(42-78(120)121)85(126)107-80(50(4)5)93(134)110(8)72(39-51-16-12-11-13-17-51)86(127)105-68(37-53-23-27-57(114)28-24-53)90(131)111-31-32-135-46-74(111)88(129)103-65(40-55-43-98-62-19-15-14-18-59(55)62)84(125)102-64(36-52-21-25-56(113)26-22-52)83(124)101-63(33-49(2)3)82(123)106-69(81(122)99-44-75(97)116)47-136-48-76(117)100-67(38-54-34-60(94)79(96)61(95)35-54)89(130)108(6)71(29-30-77(118)119)91(132)109(70)7/h11-19,21-28,34-35,43,49-50,58,63-74,80,98,113-115H,9-10,20,29-33,36-42,44-48H2,1-8H3,(H2,97,116)(H,99,122)(H,100,117)(H,101,124)(H,102,125)(H,103,129)(H,104,128)(H,105,127)(H,106,123)(H,107,126)(H,118,119)(H,120,121)/t58-,63+,64+,65+,66+,67+,68+,69+,70+,71+,72+,73-,74-,80+/m1/s1. The monoisotopic (exact) mass is 1910 g/mol. The molecule has 15 amide bonds. The summed E-state index contributed by atoms with van der Waals surface area (Å²) in [5, 5.41) is 76.5. The number of carboxylic acids is 2. The topological polar surface area (TPSA) is 567 Å². The number of carbonyl (C=O) groups excluding carboxylic acids is 15. The molecule has 0 unspecified atom stereocenters. The highest BCUT2D eigenvalue weighted by Crippen LogP contribution is 2.29. The lowest BCUT2D eigenvalue weighted by atomic mass is 9.98. The second-order valence-corrected chi connectivity index (χ2v) is 35.7. The minimum Gasteiger partial charge on any atom is -0.508 e. The molecule has 3 fully saturated rings. The lowest BCUT2D eigenvalue weighted by molar-refractivity contribution is -0.153. The summed E-state index contributed by atoms with van der Waals surface area (Å²) in [6.45, 7) is 5.60. The number of H-pyrrole nitrogens is 1. The van der Waals surface area contributed by atoms with E-state index in [-0.39, 0.29) is 69.6 Å². The van der Waals surface area contributed by atoms with E-state index >= 15 is 56.7 Å². The first-order chi connectivity index (χ1) is 64.5. The van der Waals surface area contributed by atoms with E-state index in [1.54, 1.807) is 81.6 Å². The molecule has 3 aliphatic heterocycles. The molecule has 0 radical (unpaired) electrons. The second kappa shape index (κ2) is 49.5. The number of nitrogens with one attached hydrogen (secondary N) is 10. The Labute approximate surface area is 785 Å². The van der Waals surface area contributed by atoms with Crippen LogP contribution in [0.2, 0.25) is 0 Å². The van der Waals surface area contributed by atoms with Gasteiger partial charge in [0.05, 0.1) is 38.0 Å². The highest BCUT2D eigenvalue weighted by molar-refractivity contribution is 8.00. The second-order valence-electron chi connectivity index (χ2n) is 34.7. The average Bonchev–Trinajstić information content (AvgIpc) is 1.58. The molecule has 5 aromatic carbocycles. The number of unbranched alkanes of at least 4 members (excludes halogenated alkanes) is 1. The molecule has 1 aromatic heterocycles. The van der Waals surface area contributed by atoms with E-state index in [4.69, 9.17) is 10.5 Å². The molecule has 3 aliphatic rings. The quantitative estimate of drug-likeness (QED) is 0.0370. The molecular weight excluding hydrogens is 1800 g/mol. The number of morpholine rings is 1. The third-order valence-corrected chi connectivity index (χ3v) is 24.7. The number of aromatic hydroxyl groups is 2. The minimum atomic E-state index is -2.08. The van der Waals surface area contributed by atoms with Crippen LogP contribution in [0.5, 0.6) is 11.5 Å². The zero-order valence-corrected chi connectivity index (χ0v) is 77.2. The Morgan fingerprint density at radius 3 is 1.68 bits per heavy atom. The average molecular weight is 1920 g/mol. The van der Waals surface area contributed by atoms with Gasteiger partial charge in [0, 0.05) is 102 Å². The van der Waals surface area contributed by atoms with Crippen LogP contribution in [0.4, 0.5) is 13.2 Å². The predicted octanol–water partition coefficient (Wildman–Crippen LogP) is 0.638. The lowest BCUT2D eigenvalue weighted by Crippen LogP contribution is -2.64. The van der Waals surface area contributed by atoms with Crippen LogP contribution >= 0.6 is 11.8 Å². The van der Waals surface area contributed by atoms with Gasteiger partial charge in [-0.15, -0.1) is 11.8 Å². The number of primary amides is 1. The number of carbonyl (C=O) groups is 17. The molecule has 3 saturated heterocycles. The van der Waals surface area contributed by atoms with Crippen molar-refractivity contribution in [3.63, 3.8) is 0 Å². The first-order valence-corrected chi connectivity index (χ1v) is 45.6. The van der Waals surface area contributed by atoms with Crippen LogP contribution in [0.15, 0.2) is 121 Å². The highest BCUT2D eigenvalue weighted by Gasteiger charge is 2.48. The van der Waals surface area contributed by atoms with Gasteiger partial charge < -0.3 is 113 Å². The minimum absolute atomic E-state index is 0.150. The van der Waals surface area contributed by atoms with Gasteiger partial charge in [-0.1, -0.05) is 120 Å². The number of aromatic nitrogens is 1. The number of hydrogen-bond donors (Lipinski definition) is 16. The Hall–Kier alpha value is -13.7. The maximum Gasteiger partial charge on any atom is 0.305 e. The van der Waals surface area contributed by atoms with E-state index in [2.05, 4.69) is 52.8 Å². The number of aliphatic hydroxyl groups excluding tert-OH is 1. The molecular formula is C93H117F3N16O23S. The van der Waals surface area contributed by atoms with Crippen LogP contribution < -0.4 is 53.6 Å². The zero-order valence-electron chi connectivity index (χ0n) is 76.4. The number of halogens is 3. The number of aromatic amines is 1. The molecule has 0 bridgehead atoms. The number of nitrogens with zero attached hydrogens (tertiary/aromatic N) is 5. The van der Waals surface area contributed by atoms with Gasteiger partial charge in [0.25, 0.3) is 0 Å². The highest BCUT2D eigenvalue weighted by atomic mass is 32.2. The van der Waals surface area contributed by atoms with Crippen LogP contribution in [0.3, 0.4) is 0 Å². The molecule has 6 aromatic rings. The summed E-state index contributed by atoms with van der Waals surface area (Å²) in [6.07, 6.45) is -5.44. The number of likely N-dealkylation sites (N-methyl/N-ethyl adjacent to an activating group) is 3. The third-order valence-electron chi connectivity index (χ3n) is 23.7. The van der Waals surface area contributed by atoms with Crippen LogP contribution in [-0.2, 0) is 118 Å². The number of benzene rings is 5. The first-order valence-electron chi connectivity index (χ1n) is 44.5. The number of phenolic OH excluding ortho intramolecular Hbond substituents is 2. The smallest absolute Gasteiger partial charge is 0.305 e. The number of para-hydroxylation sites is 1. The van der Waals surface area contributed by atoms with E-state index in [0.29, 0.717) is 68.4 Å². The molecule has 43 heteroatoms. The number of nitrogens with two attached hydrogens (primary N) is 1. The number of hydrogen-bond acceptors (Lipinski definition) is 22. The molecule has 734 valence electrons. The Bertz CT molecular complexity index is 5310. The predicted molar refractivity (Wildman–Crippen MR) is 486 cm³/mol. The molecule has 0 spiro atoms. The van der Waals surface area contributed by atoms with Gasteiger partial charge in [-0.2, -0.15) is 0 Å². The Kier molecular flexibility index (Phi) is 38.6. The molecule has 9 rings (SSSR count). The molecule has 0 aliphatic carbocycles. The van der Waals surface area contributed by atoms with Gasteiger partial charge in [0.15, 0.2) is 17.5 Å². The number of fused-ring (bicyclic) bond motifs is 3. The number of carboxylic acid groups (broad SMARTS) is 2. The van der Waals surface area contributed by atoms with E-state index in [0.717, 1.165) is 33.7 Å². The number of thioether (sulfide) groups is 1. The Morgan fingerprint density at radius 2 is 1.07 bits per heavy atom. The molecule has 136 heavy (non-hydrogen) atoms. The van der Waals surface area contributed by atoms with Crippen LogP contribution in [-0.4, -0.2) is 306 Å². The number of aliphatic hydroxyl groups is 1. The van der Waals surface area contributed by atoms with Crippen molar-refractivity contribution >= 4 is 123 Å². The zero-order chi connectivity index (χ0) is 99.6. The van der Waals surface area contributed by atoms with Gasteiger partial charge in [0.1, 0.15) is 90.0 Å². The van der Waals surface area contributed by atoms with Crippen molar-refractivity contribution in [3.05, 3.63) is 167 Å². The summed E-state index contributed by atoms with van der Waals surface area (Å²) < 4.78 is 50.7. The van der Waals surface area contributed by atoms with E-state index in [9.17, 15) is 63.5 Å². The van der Waals surface area contributed by atoms with Crippen molar-refractivity contribution in [2.45, 2.75) is 203 Å². The van der Waals surface area contributed by atoms with Crippen molar-refractivity contribution in [1.29, 1.82) is 0 Å². The van der Waals surface area contributed by atoms with Gasteiger partial charge in [0.2, 0.25) is 88.6 Å². The van der Waals surface area contributed by atoms with Crippen molar-refractivity contribution in [2.75, 3.05) is 65.5 Å². The lowest BCUT2D eigenvalue weighted by Gasteiger charge is -2.38. The normalized spacial score (nSPS) is 24.0.